The zero-order valence-electron chi connectivity index (χ0n) is 15.3. The van der Waals surface area contributed by atoms with Crippen LogP contribution >= 0.6 is 11.8 Å². The Morgan fingerprint density at radius 1 is 0.926 bits per heavy atom. The fraction of sp³-hybridized carbons (Fsp3) is 0.200. The predicted molar refractivity (Wildman–Crippen MR) is 105 cm³/mol. The molecule has 0 spiro atoms. The van der Waals surface area contributed by atoms with Gasteiger partial charge in [0.2, 0.25) is 11.8 Å². The van der Waals surface area contributed by atoms with E-state index >= 15 is 0 Å². The Balaban J connectivity index is 1.55. The molecule has 0 radical (unpaired) electrons. The molecule has 0 aliphatic carbocycles. The molecule has 2 heterocycles. The molecule has 4 aromatic rings. The van der Waals surface area contributed by atoms with Gasteiger partial charge in [-0.05, 0) is 31.5 Å². The molecular weight excluding hydrogens is 358 g/mol. The first-order valence-corrected chi connectivity index (χ1v) is 9.52. The topological polar surface area (TPSA) is 69.6 Å². The van der Waals surface area contributed by atoms with Gasteiger partial charge in [-0.25, -0.2) is 0 Å². The van der Waals surface area contributed by atoms with Crippen molar-refractivity contribution in [1.82, 2.24) is 25.0 Å². The predicted octanol–water partition coefficient (Wildman–Crippen LogP) is 4.69. The molecule has 0 unspecified atom stereocenters. The van der Waals surface area contributed by atoms with Gasteiger partial charge in [0, 0.05) is 18.2 Å². The molecule has 1 atom stereocenters. The van der Waals surface area contributed by atoms with Crippen molar-refractivity contribution < 1.29 is 4.42 Å². The van der Waals surface area contributed by atoms with E-state index in [1.165, 1.54) is 5.56 Å². The highest BCUT2D eigenvalue weighted by atomic mass is 32.2. The minimum atomic E-state index is -0.0393. The Hall–Kier alpha value is -2.93. The summed E-state index contributed by atoms with van der Waals surface area (Å²) in [6.07, 6.45) is 0. The van der Waals surface area contributed by atoms with Crippen molar-refractivity contribution >= 4 is 11.8 Å². The first-order chi connectivity index (χ1) is 13.1. The van der Waals surface area contributed by atoms with Crippen molar-refractivity contribution in [3.8, 4) is 22.8 Å². The van der Waals surface area contributed by atoms with E-state index in [2.05, 4.69) is 39.5 Å². The summed E-state index contributed by atoms with van der Waals surface area (Å²) in [5, 5.41) is 17.9. The van der Waals surface area contributed by atoms with E-state index in [-0.39, 0.29) is 5.25 Å². The SMILES string of the molecule is Cc1ccccc1-c1nnc(S[C@@H](C)c2nnc(-c3ccccc3)o2)n1C. The Morgan fingerprint density at radius 3 is 2.44 bits per heavy atom. The number of benzene rings is 2. The molecule has 0 amide bonds. The van der Waals surface area contributed by atoms with E-state index in [0.29, 0.717) is 11.8 Å². The number of hydrogen-bond donors (Lipinski definition) is 0. The van der Waals surface area contributed by atoms with E-state index in [1.807, 2.05) is 61.0 Å². The lowest BCUT2D eigenvalue weighted by atomic mass is 10.1. The summed E-state index contributed by atoms with van der Waals surface area (Å²) < 4.78 is 7.85. The van der Waals surface area contributed by atoms with Crippen LogP contribution in [-0.2, 0) is 7.05 Å². The fourth-order valence-electron chi connectivity index (χ4n) is 2.78. The van der Waals surface area contributed by atoms with Crippen LogP contribution in [0.3, 0.4) is 0 Å². The molecule has 0 aliphatic rings. The zero-order valence-corrected chi connectivity index (χ0v) is 16.1. The Bertz CT molecular complexity index is 1060. The molecule has 0 saturated carbocycles. The van der Waals surface area contributed by atoms with Gasteiger partial charge in [-0.1, -0.05) is 54.2 Å². The minimum Gasteiger partial charge on any atom is -0.419 e. The molecule has 0 aliphatic heterocycles. The van der Waals surface area contributed by atoms with Crippen LogP contribution in [0.4, 0.5) is 0 Å². The van der Waals surface area contributed by atoms with Crippen molar-refractivity contribution in [2.75, 3.05) is 0 Å². The van der Waals surface area contributed by atoms with Crippen LogP contribution in [0, 0.1) is 6.92 Å². The van der Waals surface area contributed by atoms with E-state index in [4.69, 9.17) is 4.42 Å². The number of aromatic nitrogens is 5. The van der Waals surface area contributed by atoms with E-state index in [1.54, 1.807) is 11.8 Å². The Morgan fingerprint density at radius 2 is 1.67 bits per heavy atom. The van der Waals surface area contributed by atoms with Gasteiger partial charge in [0.15, 0.2) is 11.0 Å². The molecule has 27 heavy (non-hydrogen) atoms. The third-order valence-corrected chi connectivity index (χ3v) is 5.43. The summed E-state index contributed by atoms with van der Waals surface area (Å²) in [5.74, 6) is 1.94. The molecule has 6 nitrogen and oxygen atoms in total. The van der Waals surface area contributed by atoms with Crippen molar-refractivity contribution in [1.29, 1.82) is 0 Å². The second kappa shape index (κ2) is 7.36. The smallest absolute Gasteiger partial charge is 0.247 e. The number of thioether (sulfide) groups is 1. The van der Waals surface area contributed by atoms with Crippen LogP contribution in [0.2, 0.25) is 0 Å². The van der Waals surface area contributed by atoms with Crippen LogP contribution < -0.4 is 0 Å². The van der Waals surface area contributed by atoms with Gasteiger partial charge in [0.1, 0.15) is 0 Å². The van der Waals surface area contributed by atoms with E-state index in [9.17, 15) is 0 Å². The molecular formula is C20H19N5OS. The molecule has 0 saturated heterocycles. The van der Waals surface area contributed by atoms with Gasteiger partial charge in [-0.15, -0.1) is 20.4 Å². The summed E-state index contributed by atoms with van der Waals surface area (Å²) in [6.45, 7) is 4.10. The average molecular weight is 377 g/mol. The average Bonchev–Trinajstić information content (AvgIpc) is 3.31. The van der Waals surface area contributed by atoms with Gasteiger partial charge in [0.05, 0.1) is 5.25 Å². The van der Waals surface area contributed by atoms with Crippen molar-refractivity contribution in [2.24, 2.45) is 7.05 Å². The van der Waals surface area contributed by atoms with Crippen LogP contribution in [-0.4, -0.2) is 25.0 Å². The van der Waals surface area contributed by atoms with Crippen LogP contribution in [0.1, 0.15) is 23.6 Å². The molecule has 7 heteroatoms. The first kappa shape index (κ1) is 17.5. The van der Waals surface area contributed by atoms with E-state index in [0.717, 1.165) is 22.1 Å². The summed E-state index contributed by atoms with van der Waals surface area (Å²) in [4.78, 5) is 0. The molecule has 136 valence electrons. The van der Waals surface area contributed by atoms with Crippen molar-refractivity contribution in [2.45, 2.75) is 24.3 Å². The quantitative estimate of drug-likeness (QED) is 0.470. The lowest BCUT2D eigenvalue weighted by Gasteiger charge is -2.08. The Kier molecular flexibility index (Phi) is 4.77. The first-order valence-electron chi connectivity index (χ1n) is 8.64. The van der Waals surface area contributed by atoms with Crippen molar-refractivity contribution in [3.63, 3.8) is 0 Å². The van der Waals surface area contributed by atoms with Gasteiger partial charge >= 0.3 is 0 Å². The maximum Gasteiger partial charge on any atom is 0.247 e. The zero-order chi connectivity index (χ0) is 18.8. The molecule has 2 aromatic heterocycles. The van der Waals surface area contributed by atoms with Crippen LogP contribution in [0.25, 0.3) is 22.8 Å². The summed E-state index contributed by atoms with van der Waals surface area (Å²) in [6, 6.07) is 17.9. The normalized spacial score (nSPS) is 12.3. The van der Waals surface area contributed by atoms with Gasteiger partial charge < -0.3 is 8.98 Å². The highest BCUT2D eigenvalue weighted by molar-refractivity contribution is 7.99. The third-order valence-electron chi connectivity index (χ3n) is 4.31. The fourth-order valence-corrected chi connectivity index (χ4v) is 3.63. The molecule has 0 bridgehead atoms. The highest BCUT2D eigenvalue weighted by Gasteiger charge is 2.20. The molecule has 2 aromatic carbocycles. The molecule has 0 fully saturated rings. The number of nitrogens with zero attached hydrogens (tertiary/aromatic N) is 5. The lowest BCUT2D eigenvalue weighted by molar-refractivity contribution is 0.508. The Labute approximate surface area is 161 Å². The van der Waals surface area contributed by atoms with E-state index < -0.39 is 0 Å². The number of aryl methyl sites for hydroxylation is 1. The van der Waals surface area contributed by atoms with Gasteiger partial charge in [0.25, 0.3) is 0 Å². The largest absolute Gasteiger partial charge is 0.419 e. The van der Waals surface area contributed by atoms with Crippen molar-refractivity contribution in [3.05, 3.63) is 66.1 Å². The lowest BCUT2D eigenvalue weighted by Crippen LogP contribution is -1.98. The minimum absolute atomic E-state index is 0.0393. The number of rotatable bonds is 5. The summed E-state index contributed by atoms with van der Waals surface area (Å²) in [7, 11) is 1.97. The second-order valence-corrected chi connectivity index (χ2v) is 7.56. The molecule has 0 N–H and O–H groups in total. The second-order valence-electron chi connectivity index (χ2n) is 6.25. The summed E-state index contributed by atoms with van der Waals surface area (Å²) in [5.41, 5.74) is 3.16. The highest BCUT2D eigenvalue weighted by Crippen LogP contribution is 2.35. The monoisotopic (exact) mass is 377 g/mol. The maximum absolute atomic E-state index is 5.85. The van der Waals surface area contributed by atoms with Crippen LogP contribution in [0.15, 0.2) is 64.2 Å². The summed E-state index contributed by atoms with van der Waals surface area (Å²) >= 11 is 1.55. The van der Waals surface area contributed by atoms with Gasteiger partial charge in [-0.3, -0.25) is 0 Å². The maximum atomic E-state index is 5.85. The standard InChI is InChI=1S/C20H19N5OS/c1-13-9-7-8-12-16(13)17-21-24-20(25(17)3)27-14(2)18-22-23-19(26-18)15-10-5-4-6-11-15/h4-12,14H,1-3H3/t14-/m0/s1. The third kappa shape index (κ3) is 3.50. The van der Waals surface area contributed by atoms with Gasteiger partial charge in [-0.2, -0.15) is 0 Å². The molecule has 4 rings (SSSR count). The van der Waals surface area contributed by atoms with Crippen LogP contribution in [0.5, 0.6) is 0 Å². The number of hydrogen-bond acceptors (Lipinski definition) is 6.